The summed E-state index contributed by atoms with van der Waals surface area (Å²) in [6, 6.07) is 12.9. The Hall–Kier alpha value is -3.04. The van der Waals surface area contributed by atoms with Gasteiger partial charge in [0.15, 0.2) is 0 Å². The number of nitrogens with zero attached hydrogens (tertiary/aromatic N) is 5. The number of piperazine rings is 1. The number of rotatable bonds is 5. The zero-order valence-electron chi connectivity index (χ0n) is 17.0. The van der Waals surface area contributed by atoms with Crippen LogP contribution in [-0.4, -0.2) is 53.9 Å². The Labute approximate surface area is 176 Å². The molecule has 30 heavy (non-hydrogen) atoms. The lowest BCUT2D eigenvalue weighted by Crippen LogP contribution is -2.49. The zero-order chi connectivity index (χ0) is 21.1. The smallest absolute Gasteiger partial charge is 0.243 e. The molecule has 0 radical (unpaired) electrons. The van der Waals surface area contributed by atoms with Crippen LogP contribution < -0.4 is 10.2 Å². The second kappa shape index (κ2) is 8.37. The molecular weight excluding hydrogens is 400 g/mol. The van der Waals surface area contributed by atoms with E-state index < -0.39 is 10.0 Å². The third-order valence-electron chi connectivity index (χ3n) is 5.08. The summed E-state index contributed by atoms with van der Waals surface area (Å²) in [4.78, 5) is 15.3. The van der Waals surface area contributed by atoms with Gasteiger partial charge in [0.05, 0.1) is 4.90 Å². The van der Waals surface area contributed by atoms with E-state index in [2.05, 4.69) is 25.2 Å². The highest BCUT2D eigenvalue weighted by Crippen LogP contribution is 2.24. The lowest BCUT2D eigenvalue weighted by atomic mass is 10.2. The van der Waals surface area contributed by atoms with Crippen molar-refractivity contribution in [2.24, 2.45) is 0 Å². The molecule has 1 aliphatic heterocycles. The van der Waals surface area contributed by atoms with Gasteiger partial charge >= 0.3 is 0 Å². The van der Waals surface area contributed by atoms with Crippen molar-refractivity contribution in [2.75, 3.05) is 36.4 Å². The minimum atomic E-state index is -3.51. The molecule has 0 atom stereocenters. The average Bonchev–Trinajstić information content (AvgIpc) is 2.74. The number of aryl methyl sites for hydroxylation is 2. The maximum Gasteiger partial charge on any atom is 0.243 e. The molecule has 1 aliphatic rings. The number of benzene rings is 1. The van der Waals surface area contributed by atoms with Crippen LogP contribution >= 0.6 is 0 Å². The summed E-state index contributed by atoms with van der Waals surface area (Å²) in [6.07, 6.45) is 3.21. The zero-order valence-corrected chi connectivity index (χ0v) is 17.8. The predicted octanol–water partition coefficient (Wildman–Crippen LogP) is 2.74. The molecule has 0 saturated carbocycles. The van der Waals surface area contributed by atoms with Crippen LogP contribution in [0.15, 0.2) is 59.9 Å². The molecule has 2 aromatic heterocycles. The van der Waals surface area contributed by atoms with Gasteiger partial charge in [0.2, 0.25) is 10.0 Å². The summed E-state index contributed by atoms with van der Waals surface area (Å²) in [5, 5.41) is 3.15. The van der Waals surface area contributed by atoms with E-state index in [1.54, 1.807) is 16.6 Å². The number of hydrogen-bond acceptors (Lipinski definition) is 7. The Morgan fingerprint density at radius 3 is 2.40 bits per heavy atom. The summed E-state index contributed by atoms with van der Waals surface area (Å²) < 4.78 is 27.7. The van der Waals surface area contributed by atoms with Crippen molar-refractivity contribution in [3.8, 4) is 0 Å². The van der Waals surface area contributed by atoms with Crippen LogP contribution in [0.2, 0.25) is 0 Å². The Morgan fingerprint density at radius 1 is 0.900 bits per heavy atom. The van der Waals surface area contributed by atoms with Crippen LogP contribution in [0.4, 0.5) is 17.5 Å². The van der Waals surface area contributed by atoms with Gasteiger partial charge in [-0.25, -0.2) is 23.4 Å². The molecule has 0 bridgehead atoms. The molecule has 8 nitrogen and oxygen atoms in total. The average molecular weight is 425 g/mol. The van der Waals surface area contributed by atoms with Gasteiger partial charge in [-0.3, -0.25) is 0 Å². The third kappa shape index (κ3) is 4.27. The van der Waals surface area contributed by atoms with Crippen LogP contribution in [-0.2, 0) is 10.0 Å². The molecule has 1 aromatic carbocycles. The molecule has 0 aliphatic carbocycles. The fraction of sp³-hybridized carbons (Fsp3) is 0.286. The second-order valence-corrected chi connectivity index (χ2v) is 9.17. The van der Waals surface area contributed by atoms with Crippen molar-refractivity contribution in [1.82, 2.24) is 19.3 Å². The van der Waals surface area contributed by atoms with E-state index in [1.807, 2.05) is 50.2 Å². The molecule has 3 heterocycles. The lowest BCUT2D eigenvalue weighted by molar-refractivity contribution is 0.383. The van der Waals surface area contributed by atoms with E-state index in [-0.39, 0.29) is 0 Å². The first-order valence-electron chi connectivity index (χ1n) is 9.76. The Bertz CT molecular complexity index is 1130. The van der Waals surface area contributed by atoms with Crippen LogP contribution in [0.3, 0.4) is 0 Å². The van der Waals surface area contributed by atoms with Crippen molar-refractivity contribution < 1.29 is 8.42 Å². The Balaban J connectivity index is 1.45. The quantitative estimate of drug-likeness (QED) is 0.673. The van der Waals surface area contributed by atoms with Gasteiger partial charge in [-0.1, -0.05) is 23.8 Å². The highest BCUT2D eigenvalue weighted by Gasteiger charge is 2.30. The lowest BCUT2D eigenvalue weighted by Gasteiger charge is -2.35. The van der Waals surface area contributed by atoms with Gasteiger partial charge in [-0.2, -0.15) is 4.31 Å². The van der Waals surface area contributed by atoms with E-state index in [4.69, 9.17) is 0 Å². The summed E-state index contributed by atoms with van der Waals surface area (Å²) in [5.41, 5.74) is 1.83. The second-order valence-electron chi connectivity index (χ2n) is 7.26. The summed E-state index contributed by atoms with van der Waals surface area (Å²) in [6.45, 7) is 5.73. The molecule has 4 rings (SSSR count). The molecule has 1 fully saturated rings. The molecule has 0 amide bonds. The van der Waals surface area contributed by atoms with Crippen molar-refractivity contribution >= 4 is 27.5 Å². The van der Waals surface area contributed by atoms with Crippen LogP contribution in [0.25, 0.3) is 0 Å². The highest BCUT2D eigenvalue weighted by molar-refractivity contribution is 7.89. The van der Waals surface area contributed by atoms with Crippen molar-refractivity contribution in [3.63, 3.8) is 0 Å². The molecule has 0 unspecified atom stereocenters. The Kier molecular flexibility index (Phi) is 5.65. The first kappa shape index (κ1) is 20.2. The standard InChI is InChI=1S/C21H24N6O2S/c1-16-6-7-18(17(2)13-16)30(28,29)27-11-9-26(10-12-27)21-14-20(23-15-24-21)25-19-5-3-4-8-22-19/h3-8,13-15H,9-12H2,1-2H3,(H,22,23,24,25). The van der Waals surface area contributed by atoms with Crippen LogP contribution in [0.5, 0.6) is 0 Å². The van der Waals surface area contributed by atoms with Gasteiger partial charge < -0.3 is 10.2 Å². The molecule has 156 valence electrons. The van der Waals surface area contributed by atoms with Gasteiger partial charge in [0.25, 0.3) is 0 Å². The SMILES string of the molecule is Cc1ccc(S(=O)(=O)N2CCN(c3cc(Nc4ccccn4)ncn3)CC2)c(C)c1. The minimum Gasteiger partial charge on any atom is -0.354 e. The third-order valence-corrected chi connectivity index (χ3v) is 7.14. The van der Waals surface area contributed by atoms with Crippen LogP contribution in [0, 0.1) is 13.8 Å². The fourth-order valence-electron chi connectivity index (χ4n) is 3.54. The van der Waals surface area contributed by atoms with E-state index in [0.717, 1.165) is 16.9 Å². The largest absolute Gasteiger partial charge is 0.354 e. The first-order valence-corrected chi connectivity index (χ1v) is 11.2. The van der Waals surface area contributed by atoms with Gasteiger partial charge in [0, 0.05) is 38.4 Å². The Morgan fingerprint density at radius 2 is 1.70 bits per heavy atom. The van der Waals surface area contributed by atoms with Gasteiger partial charge in [-0.15, -0.1) is 0 Å². The maximum atomic E-state index is 13.1. The molecule has 1 saturated heterocycles. The summed E-state index contributed by atoms with van der Waals surface area (Å²) in [5.74, 6) is 2.10. The van der Waals surface area contributed by atoms with E-state index in [0.29, 0.717) is 42.7 Å². The molecule has 0 spiro atoms. The first-order chi connectivity index (χ1) is 14.4. The number of nitrogens with one attached hydrogen (secondary N) is 1. The number of sulfonamides is 1. The fourth-order valence-corrected chi connectivity index (χ4v) is 5.17. The summed E-state index contributed by atoms with van der Waals surface area (Å²) in [7, 11) is -3.51. The molecule has 9 heteroatoms. The normalized spacial score (nSPS) is 15.2. The molecule has 1 N–H and O–H groups in total. The predicted molar refractivity (Wildman–Crippen MR) is 116 cm³/mol. The number of hydrogen-bond donors (Lipinski definition) is 1. The van der Waals surface area contributed by atoms with Crippen molar-refractivity contribution in [2.45, 2.75) is 18.7 Å². The van der Waals surface area contributed by atoms with Gasteiger partial charge in [-0.05, 0) is 37.6 Å². The topological polar surface area (TPSA) is 91.3 Å². The number of anilines is 3. The van der Waals surface area contributed by atoms with E-state index in [9.17, 15) is 8.42 Å². The van der Waals surface area contributed by atoms with Gasteiger partial charge in [0.1, 0.15) is 23.8 Å². The minimum absolute atomic E-state index is 0.380. The van der Waals surface area contributed by atoms with Crippen LogP contribution in [0.1, 0.15) is 11.1 Å². The maximum absolute atomic E-state index is 13.1. The van der Waals surface area contributed by atoms with E-state index in [1.165, 1.54) is 6.33 Å². The molecule has 3 aromatic rings. The van der Waals surface area contributed by atoms with Crippen molar-refractivity contribution in [3.05, 3.63) is 66.1 Å². The monoisotopic (exact) mass is 424 g/mol. The number of pyridine rings is 1. The van der Waals surface area contributed by atoms with Crippen molar-refractivity contribution in [1.29, 1.82) is 0 Å². The van der Waals surface area contributed by atoms with E-state index >= 15 is 0 Å². The summed E-state index contributed by atoms with van der Waals surface area (Å²) >= 11 is 0. The molecular formula is C21H24N6O2S. The highest BCUT2D eigenvalue weighted by atomic mass is 32.2. The number of aromatic nitrogens is 3.